The van der Waals surface area contributed by atoms with Gasteiger partial charge in [0.25, 0.3) is 5.91 Å². The average molecular weight is 368 g/mol. The van der Waals surface area contributed by atoms with E-state index in [0.29, 0.717) is 24.2 Å². The molecule has 1 amide bonds. The highest BCUT2D eigenvalue weighted by molar-refractivity contribution is 7.89. The number of carbonyl (C=O) groups is 1. The molecule has 1 rings (SSSR count). The van der Waals surface area contributed by atoms with Crippen molar-refractivity contribution in [2.24, 2.45) is 0 Å². The largest absolute Gasteiger partial charge is 0.351 e. The van der Waals surface area contributed by atoms with Crippen LogP contribution in [0.2, 0.25) is 0 Å². The second-order valence-electron chi connectivity index (χ2n) is 6.35. The maximum absolute atomic E-state index is 12.3. The summed E-state index contributed by atoms with van der Waals surface area (Å²) in [4.78, 5) is 14.6. The van der Waals surface area contributed by atoms with E-state index in [1.807, 2.05) is 0 Å². The minimum absolute atomic E-state index is 0.0630. The average Bonchev–Trinajstić information content (AvgIpc) is 2.56. The lowest BCUT2D eigenvalue weighted by Crippen LogP contribution is -2.42. The summed E-state index contributed by atoms with van der Waals surface area (Å²) in [6.07, 6.45) is 1.46. The first-order valence-corrected chi connectivity index (χ1v) is 9.92. The molecule has 0 aliphatic rings. The lowest BCUT2D eigenvalue weighted by Gasteiger charge is -2.30. The van der Waals surface area contributed by atoms with Gasteiger partial charge >= 0.3 is 0 Å². The van der Waals surface area contributed by atoms with Crippen molar-refractivity contribution in [1.82, 2.24) is 14.9 Å². The molecule has 0 saturated heterocycles. The molecule has 0 spiro atoms. The molecule has 1 aromatic carbocycles. The van der Waals surface area contributed by atoms with Crippen LogP contribution in [0.1, 0.15) is 38.1 Å². The van der Waals surface area contributed by atoms with Gasteiger partial charge in [-0.1, -0.05) is 12.1 Å². The zero-order valence-electron chi connectivity index (χ0n) is 15.5. The van der Waals surface area contributed by atoms with E-state index in [-0.39, 0.29) is 17.3 Å². The van der Waals surface area contributed by atoms with E-state index >= 15 is 0 Å². The van der Waals surface area contributed by atoms with Crippen LogP contribution in [0, 0.1) is 0 Å². The summed E-state index contributed by atoms with van der Waals surface area (Å²) in [5.41, 5.74) is 0.321. The number of hydrogen-bond donors (Lipinski definition) is 2. The first-order valence-electron chi connectivity index (χ1n) is 8.43. The molecule has 0 aromatic heterocycles. The van der Waals surface area contributed by atoms with Crippen molar-refractivity contribution in [2.75, 3.05) is 19.6 Å². The summed E-state index contributed by atoms with van der Waals surface area (Å²) in [6.45, 7) is 13.3. The highest BCUT2D eigenvalue weighted by Gasteiger charge is 2.16. The molecule has 0 radical (unpaired) electrons. The number of benzene rings is 1. The van der Waals surface area contributed by atoms with Gasteiger partial charge in [-0.05, 0) is 45.9 Å². The standard InChI is InChI=1S/C18H29N3O3S/c1-6-10-20-25(23,24)17-9-7-8-16(13-17)18(22)19-11-12-21(14(2)3)15(4)5/h6-9,13-15,20H,1,10-12H2,2-5H3,(H,19,22). The van der Waals surface area contributed by atoms with Crippen LogP contribution in [0.15, 0.2) is 41.8 Å². The molecule has 0 saturated carbocycles. The minimum Gasteiger partial charge on any atom is -0.351 e. The summed E-state index contributed by atoms with van der Waals surface area (Å²) in [6, 6.07) is 6.78. The second-order valence-corrected chi connectivity index (χ2v) is 8.12. The fourth-order valence-electron chi connectivity index (χ4n) is 2.57. The summed E-state index contributed by atoms with van der Waals surface area (Å²) in [5, 5.41) is 2.85. The predicted octanol–water partition coefficient (Wildman–Crippen LogP) is 2.00. The predicted molar refractivity (Wildman–Crippen MR) is 101 cm³/mol. The SMILES string of the molecule is C=CCNS(=O)(=O)c1cccc(C(=O)NCCN(C(C)C)C(C)C)c1. The van der Waals surface area contributed by atoms with Gasteiger partial charge in [-0.25, -0.2) is 13.1 Å². The van der Waals surface area contributed by atoms with E-state index in [1.54, 1.807) is 12.1 Å². The van der Waals surface area contributed by atoms with E-state index in [1.165, 1.54) is 18.2 Å². The van der Waals surface area contributed by atoms with Crippen LogP contribution in [0.5, 0.6) is 0 Å². The smallest absolute Gasteiger partial charge is 0.251 e. The number of nitrogens with zero attached hydrogens (tertiary/aromatic N) is 1. The van der Waals surface area contributed by atoms with E-state index < -0.39 is 10.0 Å². The van der Waals surface area contributed by atoms with Gasteiger partial charge in [-0.3, -0.25) is 9.69 Å². The van der Waals surface area contributed by atoms with Gasteiger partial charge in [0.1, 0.15) is 0 Å². The maximum atomic E-state index is 12.3. The van der Waals surface area contributed by atoms with Gasteiger partial charge in [-0.15, -0.1) is 6.58 Å². The Balaban J connectivity index is 2.74. The van der Waals surface area contributed by atoms with Crippen molar-refractivity contribution in [1.29, 1.82) is 0 Å². The first kappa shape index (κ1) is 21.3. The van der Waals surface area contributed by atoms with E-state index in [2.05, 4.69) is 49.2 Å². The van der Waals surface area contributed by atoms with Crippen LogP contribution in [-0.2, 0) is 10.0 Å². The van der Waals surface area contributed by atoms with Crippen LogP contribution >= 0.6 is 0 Å². The fourth-order valence-corrected chi connectivity index (χ4v) is 3.61. The van der Waals surface area contributed by atoms with Crippen molar-refractivity contribution in [2.45, 2.75) is 44.7 Å². The van der Waals surface area contributed by atoms with Gasteiger partial charge in [0.15, 0.2) is 0 Å². The summed E-state index contributed by atoms with van der Waals surface area (Å²) >= 11 is 0. The summed E-state index contributed by atoms with van der Waals surface area (Å²) in [7, 11) is -3.64. The van der Waals surface area contributed by atoms with Gasteiger partial charge in [-0.2, -0.15) is 0 Å². The van der Waals surface area contributed by atoms with Crippen LogP contribution in [0.3, 0.4) is 0 Å². The second kappa shape index (κ2) is 9.70. The number of rotatable bonds is 10. The topological polar surface area (TPSA) is 78.5 Å². The Bertz CT molecular complexity index is 677. The van der Waals surface area contributed by atoms with Crippen molar-refractivity contribution < 1.29 is 13.2 Å². The Morgan fingerprint density at radius 3 is 2.44 bits per heavy atom. The molecular weight excluding hydrogens is 338 g/mol. The summed E-state index contributed by atoms with van der Waals surface area (Å²) in [5.74, 6) is -0.284. The van der Waals surface area contributed by atoms with Crippen molar-refractivity contribution >= 4 is 15.9 Å². The molecular formula is C18H29N3O3S. The van der Waals surface area contributed by atoms with Gasteiger partial charge < -0.3 is 5.32 Å². The lowest BCUT2D eigenvalue weighted by atomic mass is 10.2. The molecule has 1 aromatic rings. The zero-order valence-corrected chi connectivity index (χ0v) is 16.3. The van der Waals surface area contributed by atoms with E-state index in [4.69, 9.17) is 0 Å². The van der Waals surface area contributed by atoms with Crippen molar-refractivity contribution in [3.8, 4) is 0 Å². The third-order valence-corrected chi connectivity index (χ3v) is 5.23. The van der Waals surface area contributed by atoms with E-state index in [9.17, 15) is 13.2 Å². The third-order valence-electron chi connectivity index (χ3n) is 3.81. The molecule has 0 fully saturated rings. The van der Waals surface area contributed by atoms with Crippen LogP contribution in [-0.4, -0.2) is 50.9 Å². The molecule has 2 N–H and O–H groups in total. The molecule has 0 unspecified atom stereocenters. The molecule has 0 atom stereocenters. The number of sulfonamides is 1. The van der Waals surface area contributed by atoms with Gasteiger partial charge in [0, 0.05) is 37.3 Å². The number of carbonyl (C=O) groups excluding carboxylic acids is 1. The molecule has 0 heterocycles. The molecule has 7 heteroatoms. The van der Waals surface area contributed by atoms with Crippen LogP contribution in [0.25, 0.3) is 0 Å². The third kappa shape index (κ3) is 6.61. The number of nitrogens with one attached hydrogen (secondary N) is 2. The molecule has 0 aliphatic carbocycles. The zero-order chi connectivity index (χ0) is 19.0. The minimum atomic E-state index is -3.64. The van der Waals surface area contributed by atoms with Crippen molar-refractivity contribution in [3.05, 3.63) is 42.5 Å². The Morgan fingerprint density at radius 1 is 1.24 bits per heavy atom. The highest BCUT2D eigenvalue weighted by Crippen LogP contribution is 2.11. The Hall–Kier alpha value is -1.70. The fraction of sp³-hybridized carbons (Fsp3) is 0.500. The summed E-state index contributed by atoms with van der Waals surface area (Å²) < 4.78 is 26.6. The van der Waals surface area contributed by atoms with Gasteiger partial charge in [0.05, 0.1) is 4.90 Å². The van der Waals surface area contributed by atoms with Crippen LogP contribution in [0.4, 0.5) is 0 Å². The highest BCUT2D eigenvalue weighted by atomic mass is 32.2. The normalized spacial score (nSPS) is 12.0. The van der Waals surface area contributed by atoms with Crippen molar-refractivity contribution in [3.63, 3.8) is 0 Å². The molecule has 140 valence electrons. The lowest BCUT2D eigenvalue weighted by molar-refractivity contribution is 0.0939. The van der Waals surface area contributed by atoms with Crippen LogP contribution < -0.4 is 10.0 Å². The number of amides is 1. The Labute approximate surface area is 151 Å². The molecule has 6 nitrogen and oxygen atoms in total. The Morgan fingerprint density at radius 2 is 1.88 bits per heavy atom. The first-order chi connectivity index (χ1) is 11.7. The quantitative estimate of drug-likeness (QED) is 0.620. The van der Waals surface area contributed by atoms with E-state index in [0.717, 1.165) is 6.54 Å². The van der Waals surface area contributed by atoms with Gasteiger partial charge in [0.2, 0.25) is 10.0 Å². The molecule has 25 heavy (non-hydrogen) atoms. The number of hydrogen-bond acceptors (Lipinski definition) is 4. The Kier molecular flexibility index (Phi) is 8.28. The molecule has 0 aliphatic heterocycles. The monoisotopic (exact) mass is 367 g/mol. The molecule has 0 bridgehead atoms. The maximum Gasteiger partial charge on any atom is 0.251 e.